The van der Waals surface area contributed by atoms with Crippen LogP contribution in [0.1, 0.15) is 24.0 Å². The van der Waals surface area contributed by atoms with Gasteiger partial charge >= 0.3 is 0 Å². The van der Waals surface area contributed by atoms with Crippen molar-refractivity contribution in [1.82, 2.24) is 19.6 Å². The molecule has 0 spiro atoms. The highest BCUT2D eigenvalue weighted by atomic mass is 15.2. The predicted octanol–water partition coefficient (Wildman–Crippen LogP) is 2.67. The Labute approximate surface area is 111 Å². The maximum Gasteiger partial charge on any atom is 0.179 e. The fourth-order valence-corrected chi connectivity index (χ4v) is 2.82. The summed E-state index contributed by atoms with van der Waals surface area (Å²) in [5.41, 5.74) is 4.88. The van der Waals surface area contributed by atoms with Crippen molar-refractivity contribution in [1.29, 1.82) is 0 Å². The van der Waals surface area contributed by atoms with Crippen LogP contribution in [0.4, 0.5) is 0 Å². The van der Waals surface area contributed by atoms with E-state index in [2.05, 4.69) is 33.4 Å². The van der Waals surface area contributed by atoms with Gasteiger partial charge in [-0.05, 0) is 42.9 Å². The Bertz CT molecular complexity index is 745. The molecule has 0 unspecified atom stereocenters. The molecule has 0 amide bonds. The van der Waals surface area contributed by atoms with Crippen LogP contribution < -0.4 is 0 Å². The van der Waals surface area contributed by atoms with Crippen molar-refractivity contribution in [2.45, 2.75) is 25.7 Å². The molecule has 0 saturated carbocycles. The average Bonchev–Trinajstić information content (AvgIpc) is 2.91. The minimum Gasteiger partial charge on any atom is -0.280 e. The number of benzene rings is 1. The van der Waals surface area contributed by atoms with Gasteiger partial charge in [-0.2, -0.15) is 0 Å². The molecule has 0 radical (unpaired) electrons. The second kappa shape index (κ2) is 4.16. The summed E-state index contributed by atoms with van der Waals surface area (Å²) in [6.07, 6.45) is 10.4. The van der Waals surface area contributed by atoms with Crippen molar-refractivity contribution in [2.24, 2.45) is 0 Å². The van der Waals surface area contributed by atoms with E-state index < -0.39 is 0 Å². The molecular formula is C15H14N4. The molecule has 0 aliphatic heterocycles. The van der Waals surface area contributed by atoms with Gasteiger partial charge in [-0.25, -0.2) is 0 Å². The van der Waals surface area contributed by atoms with Gasteiger partial charge in [0.2, 0.25) is 0 Å². The Morgan fingerprint density at radius 2 is 1.89 bits per heavy atom. The van der Waals surface area contributed by atoms with Crippen molar-refractivity contribution in [3.8, 4) is 11.4 Å². The van der Waals surface area contributed by atoms with E-state index in [1.807, 2.05) is 10.6 Å². The summed E-state index contributed by atoms with van der Waals surface area (Å²) in [5.74, 6) is 0.894. The van der Waals surface area contributed by atoms with E-state index in [4.69, 9.17) is 0 Å². The molecule has 2 aromatic heterocycles. The van der Waals surface area contributed by atoms with E-state index in [9.17, 15) is 0 Å². The van der Waals surface area contributed by atoms with Crippen LogP contribution in [0.25, 0.3) is 17.0 Å². The van der Waals surface area contributed by atoms with Crippen LogP contribution in [0.3, 0.4) is 0 Å². The fraction of sp³-hybridized carbons (Fsp3) is 0.267. The van der Waals surface area contributed by atoms with Crippen LogP contribution in [-0.2, 0) is 12.8 Å². The van der Waals surface area contributed by atoms with Crippen LogP contribution >= 0.6 is 0 Å². The lowest BCUT2D eigenvalue weighted by Crippen LogP contribution is -2.02. The third-order valence-electron chi connectivity index (χ3n) is 3.82. The maximum absolute atomic E-state index is 4.29. The first-order chi connectivity index (χ1) is 9.42. The number of rotatable bonds is 1. The Balaban J connectivity index is 1.88. The molecule has 0 bridgehead atoms. The molecule has 1 aliphatic carbocycles. The van der Waals surface area contributed by atoms with Crippen LogP contribution in [0.2, 0.25) is 0 Å². The monoisotopic (exact) mass is 250 g/mol. The minimum absolute atomic E-state index is 0.787. The summed E-state index contributed by atoms with van der Waals surface area (Å²) >= 11 is 0. The van der Waals surface area contributed by atoms with Crippen molar-refractivity contribution in [3.05, 3.63) is 47.9 Å². The highest BCUT2D eigenvalue weighted by Crippen LogP contribution is 2.26. The highest BCUT2D eigenvalue weighted by molar-refractivity contribution is 5.61. The van der Waals surface area contributed by atoms with Gasteiger partial charge in [-0.3, -0.25) is 9.38 Å². The van der Waals surface area contributed by atoms with Crippen molar-refractivity contribution in [3.63, 3.8) is 0 Å². The Morgan fingerprint density at radius 3 is 2.84 bits per heavy atom. The summed E-state index contributed by atoms with van der Waals surface area (Å²) in [6.45, 7) is 0. The minimum atomic E-state index is 0.787. The standard InChI is InChI=1S/C15H14N4/c1-2-4-12-9-13(6-5-11(12)3-1)15-18-17-14-10-16-7-8-19(14)15/h5-10H,1-4H2. The van der Waals surface area contributed by atoms with E-state index in [0.717, 1.165) is 17.0 Å². The molecule has 0 fully saturated rings. The van der Waals surface area contributed by atoms with Crippen molar-refractivity contribution < 1.29 is 0 Å². The molecule has 4 rings (SSSR count). The third kappa shape index (κ3) is 1.71. The normalized spacial score (nSPS) is 14.5. The molecule has 0 saturated heterocycles. The summed E-state index contributed by atoms with van der Waals surface area (Å²) in [4.78, 5) is 4.07. The van der Waals surface area contributed by atoms with Gasteiger partial charge in [-0.1, -0.05) is 12.1 Å². The van der Waals surface area contributed by atoms with Crippen LogP contribution in [0.5, 0.6) is 0 Å². The maximum atomic E-state index is 4.29. The van der Waals surface area contributed by atoms with E-state index in [-0.39, 0.29) is 0 Å². The first-order valence-corrected chi connectivity index (χ1v) is 6.69. The summed E-state index contributed by atoms with van der Waals surface area (Å²) in [6, 6.07) is 6.67. The van der Waals surface area contributed by atoms with E-state index >= 15 is 0 Å². The van der Waals surface area contributed by atoms with Gasteiger partial charge in [0.05, 0.1) is 6.20 Å². The first kappa shape index (κ1) is 10.7. The molecule has 4 nitrogen and oxygen atoms in total. The molecule has 1 aromatic carbocycles. The summed E-state index contributed by atoms with van der Waals surface area (Å²) in [7, 11) is 0. The fourth-order valence-electron chi connectivity index (χ4n) is 2.82. The predicted molar refractivity (Wildman–Crippen MR) is 72.9 cm³/mol. The molecule has 94 valence electrons. The topological polar surface area (TPSA) is 43.1 Å². The largest absolute Gasteiger partial charge is 0.280 e. The summed E-state index contributed by atoms with van der Waals surface area (Å²) < 4.78 is 1.98. The van der Waals surface area contributed by atoms with Crippen LogP contribution in [0, 0.1) is 0 Å². The molecule has 4 heteroatoms. The number of aromatic nitrogens is 4. The smallest absolute Gasteiger partial charge is 0.179 e. The zero-order valence-corrected chi connectivity index (χ0v) is 10.6. The Hall–Kier alpha value is -2.23. The lowest BCUT2D eigenvalue weighted by molar-refractivity contribution is 0.686. The SMILES string of the molecule is c1cn2c(-c3ccc4c(c3)CCCC4)nnc2cn1. The van der Waals surface area contributed by atoms with Gasteiger partial charge < -0.3 is 0 Å². The van der Waals surface area contributed by atoms with E-state index in [0.29, 0.717) is 0 Å². The quantitative estimate of drug-likeness (QED) is 0.667. The number of aryl methyl sites for hydroxylation is 2. The lowest BCUT2D eigenvalue weighted by Gasteiger charge is -2.16. The van der Waals surface area contributed by atoms with Crippen molar-refractivity contribution >= 4 is 5.65 Å². The Morgan fingerprint density at radius 1 is 1.00 bits per heavy atom. The molecule has 0 atom stereocenters. The first-order valence-electron chi connectivity index (χ1n) is 6.69. The van der Waals surface area contributed by atoms with Gasteiger partial charge in [-0.15, -0.1) is 10.2 Å². The zero-order chi connectivity index (χ0) is 12.7. The molecule has 19 heavy (non-hydrogen) atoms. The van der Waals surface area contributed by atoms with Gasteiger partial charge in [0.25, 0.3) is 0 Å². The van der Waals surface area contributed by atoms with E-state index in [1.165, 1.54) is 36.8 Å². The lowest BCUT2D eigenvalue weighted by atomic mass is 9.90. The average molecular weight is 250 g/mol. The van der Waals surface area contributed by atoms with Gasteiger partial charge in [0, 0.05) is 18.0 Å². The van der Waals surface area contributed by atoms with Crippen LogP contribution in [-0.4, -0.2) is 19.6 Å². The second-order valence-corrected chi connectivity index (χ2v) is 5.02. The Kier molecular flexibility index (Phi) is 2.33. The van der Waals surface area contributed by atoms with Gasteiger partial charge in [0.15, 0.2) is 11.5 Å². The van der Waals surface area contributed by atoms with E-state index in [1.54, 1.807) is 12.4 Å². The van der Waals surface area contributed by atoms with Gasteiger partial charge in [0.1, 0.15) is 0 Å². The molecule has 1 aliphatic rings. The number of nitrogens with zero attached hydrogens (tertiary/aromatic N) is 4. The number of hydrogen-bond donors (Lipinski definition) is 0. The molecule has 0 N–H and O–H groups in total. The number of fused-ring (bicyclic) bond motifs is 2. The number of hydrogen-bond acceptors (Lipinski definition) is 3. The summed E-state index contributed by atoms with van der Waals surface area (Å²) in [5, 5.41) is 8.45. The molecule has 3 aromatic rings. The third-order valence-corrected chi connectivity index (χ3v) is 3.82. The van der Waals surface area contributed by atoms with Crippen LogP contribution in [0.15, 0.2) is 36.8 Å². The highest BCUT2D eigenvalue weighted by Gasteiger charge is 2.13. The molecular weight excluding hydrogens is 236 g/mol. The second-order valence-electron chi connectivity index (χ2n) is 5.02. The van der Waals surface area contributed by atoms with Crippen molar-refractivity contribution in [2.75, 3.05) is 0 Å². The molecule has 2 heterocycles. The zero-order valence-electron chi connectivity index (χ0n) is 10.6.